The lowest BCUT2D eigenvalue weighted by atomic mass is 10.1. The van der Waals surface area contributed by atoms with Crippen LogP contribution in [0.4, 0.5) is 0 Å². The van der Waals surface area contributed by atoms with Gasteiger partial charge in [-0.3, -0.25) is 9.89 Å². The standard InChI is InChI=1S/C23H41N5.HI/c1-20(2)27(4)15-9-6-14-25-23(24-3)26-18-21-10-12-22(13-11-21)19-28-16-7-5-8-17-28;/h10-13,20H,5-9,14-19H2,1-4H3,(H2,24,25,26);1H. The minimum Gasteiger partial charge on any atom is -0.356 e. The molecule has 1 aliphatic heterocycles. The summed E-state index contributed by atoms with van der Waals surface area (Å²) >= 11 is 0. The van der Waals surface area contributed by atoms with Crippen LogP contribution in [0.2, 0.25) is 0 Å². The van der Waals surface area contributed by atoms with Crippen molar-refractivity contribution in [1.82, 2.24) is 20.4 Å². The number of hydrogen-bond acceptors (Lipinski definition) is 3. The lowest BCUT2D eigenvalue weighted by Gasteiger charge is -2.26. The third-order valence-electron chi connectivity index (χ3n) is 5.67. The Balaban J connectivity index is 0.00000420. The van der Waals surface area contributed by atoms with Crippen LogP contribution >= 0.6 is 24.0 Å². The Morgan fingerprint density at radius 1 is 1.03 bits per heavy atom. The van der Waals surface area contributed by atoms with Gasteiger partial charge in [-0.1, -0.05) is 30.7 Å². The van der Waals surface area contributed by atoms with Crippen molar-refractivity contribution in [3.05, 3.63) is 35.4 Å². The molecule has 166 valence electrons. The summed E-state index contributed by atoms with van der Waals surface area (Å²) in [5, 5.41) is 6.84. The summed E-state index contributed by atoms with van der Waals surface area (Å²) in [4.78, 5) is 9.30. The van der Waals surface area contributed by atoms with E-state index in [0.29, 0.717) is 6.04 Å². The maximum absolute atomic E-state index is 4.34. The SMILES string of the molecule is CN=C(NCCCCN(C)C(C)C)NCc1ccc(CN2CCCCC2)cc1.I. The van der Waals surface area contributed by atoms with Crippen LogP contribution in [0.1, 0.15) is 57.1 Å². The molecule has 29 heavy (non-hydrogen) atoms. The molecule has 0 saturated carbocycles. The Bertz CT molecular complexity index is 567. The highest BCUT2D eigenvalue weighted by Gasteiger charge is 2.10. The summed E-state index contributed by atoms with van der Waals surface area (Å²) < 4.78 is 0. The van der Waals surface area contributed by atoms with Crippen LogP contribution in [0.15, 0.2) is 29.3 Å². The maximum atomic E-state index is 4.34. The number of guanidine groups is 1. The second-order valence-electron chi connectivity index (χ2n) is 8.29. The first-order valence-corrected chi connectivity index (χ1v) is 11.0. The van der Waals surface area contributed by atoms with E-state index in [1.54, 1.807) is 0 Å². The number of benzene rings is 1. The van der Waals surface area contributed by atoms with E-state index in [4.69, 9.17) is 0 Å². The highest BCUT2D eigenvalue weighted by atomic mass is 127. The van der Waals surface area contributed by atoms with Gasteiger partial charge in [-0.15, -0.1) is 24.0 Å². The van der Waals surface area contributed by atoms with E-state index < -0.39 is 0 Å². The predicted octanol–water partition coefficient (Wildman–Crippen LogP) is 4.08. The van der Waals surface area contributed by atoms with Crippen LogP contribution in [0, 0.1) is 0 Å². The van der Waals surface area contributed by atoms with Crippen LogP contribution in [0.5, 0.6) is 0 Å². The highest BCUT2D eigenvalue weighted by Crippen LogP contribution is 2.13. The summed E-state index contributed by atoms with van der Waals surface area (Å²) in [6, 6.07) is 9.64. The molecule has 0 aliphatic carbocycles. The van der Waals surface area contributed by atoms with Crippen molar-refractivity contribution < 1.29 is 0 Å². The number of likely N-dealkylation sites (tertiary alicyclic amines) is 1. The van der Waals surface area contributed by atoms with Gasteiger partial charge >= 0.3 is 0 Å². The molecule has 1 heterocycles. The molecule has 0 bridgehead atoms. The zero-order chi connectivity index (χ0) is 20.2. The molecule has 0 atom stereocenters. The van der Waals surface area contributed by atoms with E-state index in [2.05, 4.69) is 70.6 Å². The lowest BCUT2D eigenvalue weighted by molar-refractivity contribution is 0.221. The molecule has 0 amide bonds. The zero-order valence-corrected chi connectivity index (χ0v) is 21.2. The van der Waals surface area contributed by atoms with Crippen molar-refractivity contribution in [3.8, 4) is 0 Å². The molecule has 0 aromatic heterocycles. The molecule has 1 fully saturated rings. The molecule has 1 aromatic rings. The molecule has 1 saturated heterocycles. The van der Waals surface area contributed by atoms with Gasteiger partial charge in [0.2, 0.25) is 0 Å². The topological polar surface area (TPSA) is 42.9 Å². The Hall–Kier alpha value is -0.860. The van der Waals surface area contributed by atoms with E-state index >= 15 is 0 Å². The molecule has 5 nitrogen and oxygen atoms in total. The normalized spacial score (nSPS) is 15.4. The van der Waals surface area contributed by atoms with Crippen molar-refractivity contribution in [3.63, 3.8) is 0 Å². The molecular weight excluding hydrogens is 473 g/mol. The molecular formula is C23H42IN5. The fraction of sp³-hybridized carbons (Fsp3) is 0.696. The predicted molar refractivity (Wildman–Crippen MR) is 136 cm³/mol. The second-order valence-corrected chi connectivity index (χ2v) is 8.29. The van der Waals surface area contributed by atoms with Gasteiger partial charge in [-0.05, 0) is 77.3 Å². The van der Waals surface area contributed by atoms with E-state index in [0.717, 1.165) is 38.6 Å². The highest BCUT2D eigenvalue weighted by molar-refractivity contribution is 14.0. The Labute approximate surface area is 195 Å². The average molecular weight is 516 g/mol. The van der Waals surface area contributed by atoms with Gasteiger partial charge in [0.25, 0.3) is 0 Å². The van der Waals surface area contributed by atoms with Crippen molar-refractivity contribution in [2.24, 2.45) is 4.99 Å². The molecule has 1 aliphatic rings. The number of nitrogens with one attached hydrogen (secondary N) is 2. The maximum Gasteiger partial charge on any atom is 0.191 e. The number of halogens is 1. The summed E-state index contributed by atoms with van der Waals surface area (Å²) in [5.74, 6) is 0.884. The molecule has 6 heteroatoms. The van der Waals surface area contributed by atoms with Crippen molar-refractivity contribution in [1.29, 1.82) is 0 Å². The zero-order valence-electron chi connectivity index (χ0n) is 18.9. The fourth-order valence-electron chi connectivity index (χ4n) is 3.50. The minimum absolute atomic E-state index is 0. The Kier molecular flexibility index (Phi) is 13.6. The molecule has 0 spiro atoms. The minimum atomic E-state index is 0. The largest absolute Gasteiger partial charge is 0.356 e. The summed E-state index contributed by atoms with van der Waals surface area (Å²) in [5.41, 5.74) is 2.71. The molecule has 1 aromatic carbocycles. The first kappa shape index (κ1) is 26.2. The third kappa shape index (κ3) is 10.6. The Morgan fingerprint density at radius 2 is 1.69 bits per heavy atom. The number of hydrogen-bond donors (Lipinski definition) is 2. The van der Waals surface area contributed by atoms with Gasteiger partial charge in [-0.25, -0.2) is 0 Å². The second kappa shape index (κ2) is 15.0. The van der Waals surface area contributed by atoms with Crippen molar-refractivity contribution in [2.45, 2.75) is 65.1 Å². The van der Waals surface area contributed by atoms with E-state index in [9.17, 15) is 0 Å². The molecule has 2 N–H and O–H groups in total. The third-order valence-corrected chi connectivity index (χ3v) is 5.67. The van der Waals surface area contributed by atoms with Crippen LogP contribution in [0.3, 0.4) is 0 Å². The van der Waals surface area contributed by atoms with Crippen molar-refractivity contribution in [2.75, 3.05) is 40.3 Å². The monoisotopic (exact) mass is 515 g/mol. The van der Waals surface area contributed by atoms with Crippen LogP contribution in [-0.4, -0.2) is 62.1 Å². The summed E-state index contributed by atoms with van der Waals surface area (Å²) in [7, 11) is 4.03. The summed E-state index contributed by atoms with van der Waals surface area (Å²) in [6.07, 6.45) is 6.46. The van der Waals surface area contributed by atoms with Gasteiger partial charge in [-0.2, -0.15) is 0 Å². The number of nitrogens with zero attached hydrogens (tertiary/aromatic N) is 3. The lowest BCUT2D eigenvalue weighted by Crippen LogP contribution is -2.37. The van der Waals surface area contributed by atoms with Crippen molar-refractivity contribution >= 4 is 29.9 Å². The van der Waals surface area contributed by atoms with E-state index in [1.807, 2.05) is 7.05 Å². The first-order valence-electron chi connectivity index (χ1n) is 11.0. The van der Waals surface area contributed by atoms with E-state index in [1.165, 1.54) is 49.9 Å². The molecule has 0 radical (unpaired) electrons. The van der Waals surface area contributed by atoms with Gasteiger partial charge in [0.15, 0.2) is 5.96 Å². The smallest absolute Gasteiger partial charge is 0.191 e. The number of unbranched alkanes of at least 4 members (excludes halogenated alkanes) is 1. The van der Waals surface area contributed by atoms with Crippen LogP contribution < -0.4 is 10.6 Å². The number of piperidine rings is 1. The van der Waals surface area contributed by atoms with Gasteiger partial charge in [0, 0.05) is 32.7 Å². The quantitative estimate of drug-likeness (QED) is 0.213. The average Bonchev–Trinajstić information content (AvgIpc) is 2.71. The fourth-order valence-corrected chi connectivity index (χ4v) is 3.50. The first-order chi connectivity index (χ1) is 13.6. The van der Waals surface area contributed by atoms with E-state index in [-0.39, 0.29) is 24.0 Å². The number of rotatable bonds is 10. The van der Waals surface area contributed by atoms with Gasteiger partial charge in [0.05, 0.1) is 0 Å². The van der Waals surface area contributed by atoms with Crippen LogP contribution in [0.25, 0.3) is 0 Å². The number of aliphatic imine (C=N–C) groups is 1. The Morgan fingerprint density at radius 3 is 2.31 bits per heavy atom. The summed E-state index contributed by atoms with van der Waals surface area (Å²) in [6.45, 7) is 11.0. The van der Waals surface area contributed by atoms with Gasteiger partial charge < -0.3 is 15.5 Å². The van der Waals surface area contributed by atoms with Gasteiger partial charge in [0.1, 0.15) is 0 Å². The van der Waals surface area contributed by atoms with Crippen LogP contribution in [-0.2, 0) is 13.1 Å². The molecule has 2 rings (SSSR count). The molecule has 0 unspecified atom stereocenters.